The molecule has 1 fully saturated rings. The summed E-state index contributed by atoms with van der Waals surface area (Å²) in [7, 11) is 1.60. The summed E-state index contributed by atoms with van der Waals surface area (Å²) in [6.45, 7) is 8.49. The Morgan fingerprint density at radius 3 is 2.58 bits per heavy atom. The van der Waals surface area contributed by atoms with Gasteiger partial charge in [0, 0.05) is 18.8 Å². The summed E-state index contributed by atoms with van der Waals surface area (Å²) < 4.78 is 16.1. The van der Waals surface area contributed by atoms with Gasteiger partial charge in [0.1, 0.15) is 5.75 Å². The van der Waals surface area contributed by atoms with E-state index in [4.69, 9.17) is 19.2 Å². The Hall–Kier alpha value is -3.27. The highest BCUT2D eigenvalue weighted by Crippen LogP contribution is 2.45. The average Bonchev–Trinajstić information content (AvgIpc) is 3.29. The number of thioether (sulfide) groups is 1. The maximum atomic E-state index is 13.4. The zero-order chi connectivity index (χ0) is 27.4. The number of methoxy groups -OCH3 is 1. The first-order chi connectivity index (χ1) is 18.2. The van der Waals surface area contributed by atoms with Crippen molar-refractivity contribution >= 4 is 34.8 Å². The molecule has 204 valence electrons. The number of fused-ring (bicyclic) bond motifs is 1. The number of esters is 2. The van der Waals surface area contributed by atoms with Crippen LogP contribution in [0.5, 0.6) is 5.75 Å². The van der Waals surface area contributed by atoms with Gasteiger partial charge in [-0.15, -0.1) is 0 Å². The lowest BCUT2D eigenvalue weighted by Crippen LogP contribution is -2.44. The van der Waals surface area contributed by atoms with Crippen LogP contribution in [-0.4, -0.2) is 65.7 Å². The first kappa shape index (κ1) is 27.8. The summed E-state index contributed by atoms with van der Waals surface area (Å²) in [6, 6.07) is 7.02. The number of hydrogen-bond acceptors (Lipinski definition) is 9. The Bertz CT molecular complexity index is 1170. The summed E-state index contributed by atoms with van der Waals surface area (Å²) in [5.74, 6) is -0.357. The average molecular weight is 542 g/mol. The van der Waals surface area contributed by atoms with Gasteiger partial charge in [-0.25, -0.2) is 9.79 Å². The second-order valence-electron chi connectivity index (χ2n) is 9.73. The minimum atomic E-state index is -0.512. The smallest absolute Gasteiger partial charge is 0.338 e. The van der Waals surface area contributed by atoms with Gasteiger partial charge < -0.3 is 24.0 Å². The van der Waals surface area contributed by atoms with Crippen molar-refractivity contribution in [1.29, 1.82) is 0 Å². The summed E-state index contributed by atoms with van der Waals surface area (Å²) >= 11 is 1.43. The molecule has 0 saturated carbocycles. The molecular formula is C28H35N3O6S. The van der Waals surface area contributed by atoms with Gasteiger partial charge in [-0.05, 0) is 63.6 Å². The summed E-state index contributed by atoms with van der Waals surface area (Å²) in [5, 5.41) is 2.62. The van der Waals surface area contributed by atoms with Crippen LogP contribution in [0.2, 0.25) is 0 Å². The number of allylic oxidation sites excluding steroid dienone is 1. The van der Waals surface area contributed by atoms with Crippen LogP contribution in [0, 0.1) is 5.92 Å². The number of likely N-dealkylation sites (tertiary alicyclic amines) is 1. The Morgan fingerprint density at radius 2 is 1.92 bits per heavy atom. The number of hydrogen-bond donors (Lipinski definition) is 0. The number of carbonyl (C=O) groups excluding carboxylic acids is 3. The van der Waals surface area contributed by atoms with Crippen LogP contribution in [0.3, 0.4) is 0 Å². The molecule has 1 amide bonds. The predicted molar refractivity (Wildman–Crippen MR) is 145 cm³/mol. The molecular weight excluding hydrogens is 506 g/mol. The fraction of sp³-hybridized carbons (Fsp3) is 0.500. The van der Waals surface area contributed by atoms with Gasteiger partial charge in [0.25, 0.3) is 0 Å². The third-order valence-electron chi connectivity index (χ3n) is 6.72. The fourth-order valence-electron chi connectivity index (χ4n) is 4.93. The number of amides is 1. The number of benzene rings is 1. The van der Waals surface area contributed by atoms with E-state index in [1.165, 1.54) is 11.8 Å². The van der Waals surface area contributed by atoms with E-state index in [9.17, 15) is 14.4 Å². The Labute approximate surface area is 227 Å². The van der Waals surface area contributed by atoms with Crippen LogP contribution in [0.15, 0.2) is 51.6 Å². The number of piperidine rings is 1. The highest BCUT2D eigenvalue weighted by molar-refractivity contribution is 8.16. The lowest BCUT2D eigenvalue weighted by Gasteiger charge is -2.37. The van der Waals surface area contributed by atoms with Crippen LogP contribution in [-0.2, 0) is 23.9 Å². The third kappa shape index (κ3) is 5.90. The van der Waals surface area contributed by atoms with Crippen molar-refractivity contribution in [3.05, 3.63) is 52.2 Å². The maximum absolute atomic E-state index is 13.4. The molecule has 3 aliphatic heterocycles. The lowest BCUT2D eigenvalue weighted by atomic mass is 9.93. The summed E-state index contributed by atoms with van der Waals surface area (Å²) in [5.41, 5.74) is 2.63. The molecule has 0 N–H and O–H groups in total. The molecule has 3 heterocycles. The molecule has 0 radical (unpaired) electrons. The third-order valence-corrected chi connectivity index (χ3v) is 7.61. The standard InChI is InChI=1S/C28H35N3O6S/c1-6-36-26(33)20-8-7-13-30(15-20)23(32)14-21-16-38-28-29-18(4)24(27(34)37-17(2)3)25(31(21)28)19-9-11-22(35-5)12-10-19/h9-12,16-17,20,25H,6-8,13-15H2,1-5H3/t20-,25+/m1/s1. The molecule has 4 rings (SSSR count). The van der Waals surface area contributed by atoms with Gasteiger partial charge in [0.2, 0.25) is 5.91 Å². The molecule has 0 aliphatic carbocycles. The van der Waals surface area contributed by atoms with E-state index in [1.54, 1.807) is 18.9 Å². The zero-order valence-electron chi connectivity index (χ0n) is 22.6. The van der Waals surface area contributed by atoms with Crippen molar-refractivity contribution in [3.63, 3.8) is 0 Å². The molecule has 3 aliphatic rings. The van der Waals surface area contributed by atoms with Crippen molar-refractivity contribution in [2.45, 2.75) is 59.1 Å². The lowest BCUT2D eigenvalue weighted by molar-refractivity contribution is -0.151. The monoisotopic (exact) mass is 541 g/mol. The van der Waals surface area contributed by atoms with Crippen molar-refractivity contribution < 1.29 is 28.6 Å². The summed E-state index contributed by atoms with van der Waals surface area (Å²) in [6.07, 6.45) is 1.30. The van der Waals surface area contributed by atoms with Crippen LogP contribution >= 0.6 is 11.8 Å². The van der Waals surface area contributed by atoms with Crippen LogP contribution < -0.4 is 4.74 Å². The van der Waals surface area contributed by atoms with E-state index in [-0.39, 0.29) is 30.3 Å². The molecule has 9 nitrogen and oxygen atoms in total. The van der Waals surface area contributed by atoms with Gasteiger partial charge in [0.15, 0.2) is 5.17 Å². The molecule has 0 unspecified atom stereocenters. The summed E-state index contributed by atoms with van der Waals surface area (Å²) in [4.78, 5) is 47.4. The van der Waals surface area contributed by atoms with E-state index in [0.29, 0.717) is 41.9 Å². The second kappa shape index (κ2) is 12.1. The first-order valence-electron chi connectivity index (χ1n) is 13.0. The molecule has 0 spiro atoms. The second-order valence-corrected chi connectivity index (χ2v) is 10.6. The minimum absolute atomic E-state index is 0.0711. The molecule has 1 aromatic rings. The van der Waals surface area contributed by atoms with Crippen LogP contribution in [0.1, 0.15) is 58.6 Å². The van der Waals surface area contributed by atoms with Gasteiger partial charge in [-0.1, -0.05) is 23.9 Å². The highest BCUT2D eigenvalue weighted by Gasteiger charge is 2.42. The number of carbonyl (C=O) groups is 3. The quantitative estimate of drug-likeness (QED) is 0.447. The van der Waals surface area contributed by atoms with E-state index < -0.39 is 12.0 Å². The Kier molecular flexibility index (Phi) is 8.81. The molecule has 0 aromatic heterocycles. The number of ether oxygens (including phenoxy) is 3. The first-order valence-corrected chi connectivity index (χ1v) is 13.8. The largest absolute Gasteiger partial charge is 0.497 e. The molecule has 10 heteroatoms. The topological polar surface area (TPSA) is 97.7 Å². The maximum Gasteiger partial charge on any atom is 0.338 e. The van der Waals surface area contributed by atoms with Gasteiger partial charge in [-0.3, -0.25) is 9.59 Å². The normalized spacial score (nSPS) is 21.1. The van der Waals surface area contributed by atoms with Crippen molar-refractivity contribution in [1.82, 2.24) is 9.80 Å². The Morgan fingerprint density at radius 1 is 1.18 bits per heavy atom. The zero-order valence-corrected chi connectivity index (χ0v) is 23.4. The van der Waals surface area contributed by atoms with Crippen molar-refractivity contribution in [2.24, 2.45) is 10.9 Å². The van der Waals surface area contributed by atoms with E-state index in [1.807, 2.05) is 55.3 Å². The van der Waals surface area contributed by atoms with Gasteiger partial charge in [-0.2, -0.15) is 0 Å². The van der Waals surface area contributed by atoms with E-state index >= 15 is 0 Å². The number of amidine groups is 1. The van der Waals surface area contributed by atoms with Gasteiger partial charge in [0.05, 0.1) is 49.5 Å². The molecule has 1 saturated heterocycles. The molecule has 2 atom stereocenters. The van der Waals surface area contributed by atoms with Crippen LogP contribution in [0.4, 0.5) is 0 Å². The Balaban J connectivity index is 1.61. The van der Waals surface area contributed by atoms with E-state index in [2.05, 4.69) is 0 Å². The number of rotatable bonds is 8. The SMILES string of the molecule is CCOC(=O)[C@@H]1CCCN(C(=O)CC2=CSC3=NC(C)=C(C(=O)OC(C)C)[C@H](c4ccc(OC)cc4)N23)C1. The van der Waals surface area contributed by atoms with Crippen molar-refractivity contribution in [3.8, 4) is 5.75 Å². The fourth-order valence-corrected chi connectivity index (χ4v) is 5.90. The number of nitrogens with zero attached hydrogens (tertiary/aromatic N) is 3. The molecule has 38 heavy (non-hydrogen) atoms. The number of aliphatic imine (C=N–C) groups is 1. The molecule has 1 aromatic carbocycles. The van der Waals surface area contributed by atoms with Crippen molar-refractivity contribution in [2.75, 3.05) is 26.8 Å². The predicted octanol–water partition coefficient (Wildman–Crippen LogP) is 4.41. The molecule has 0 bridgehead atoms. The van der Waals surface area contributed by atoms with Gasteiger partial charge >= 0.3 is 11.9 Å². The van der Waals surface area contributed by atoms with E-state index in [0.717, 1.165) is 24.1 Å². The minimum Gasteiger partial charge on any atom is -0.497 e. The van der Waals surface area contributed by atoms with Crippen LogP contribution in [0.25, 0.3) is 0 Å². The highest BCUT2D eigenvalue weighted by atomic mass is 32.2.